The molecule has 0 spiro atoms. The molecular formula is C22H28ClN3O2. The number of hydrogen-bond donors (Lipinski definition) is 2. The summed E-state index contributed by atoms with van der Waals surface area (Å²) in [6.45, 7) is 8.03. The Morgan fingerprint density at radius 3 is 2.36 bits per heavy atom. The third-order valence-corrected chi connectivity index (χ3v) is 5.09. The van der Waals surface area contributed by atoms with Crippen LogP contribution in [0.3, 0.4) is 0 Å². The highest BCUT2D eigenvalue weighted by atomic mass is 35.5. The minimum atomic E-state index is -0.475. The minimum absolute atomic E-state index is 0.0740. The number of carbonyl (C=O) groups is 2. The standard InChI is InChI=1S/C22H28ClN3O2/c1-14(2)17-10-8-9-15(3)21(17)25-22(28)16(4)26(5)13-20(27)24-19-12-7-6-11-18(19)23/h6-12,14,16H,13H2,1-5H3,(H,24,27)(H,25,28)/t16-/m0/s1. The van der Waals surface area contributed by atoms with Gasteiger partial charge in [0.05, 0.1) is 23.3 Å². The van der Waals surface area contributed by atoms with Crippen LogP contribution in [0, 0.1) is 6.92 Å². The van der Waals surface area contributed by atoms with E-state index in [1.807, 2.05) is 25.1 Å². The summed E-state index contributed by atoms with van der Waals surface area (Å²) in [5, 5.41) is 6.29. The number of hydrogen-bond acceptors (Lipinski definition) is 3. The van der Waals surface area contributed by atoms with Gasteiger partial charge in [-0.25, -0.2) is 0 Å². The molecule has 0 aliphatic rings. The molecule has 2 aromatic carbocycles. The first-order valence-corrected chi connectivity index (χ1v) is 9.73. The van der Waals surface area contributed by atoms with Crippen molar-refractivity contribution >= 4 is 34.8 Å². The van der Waals surface area contributed by atoms with Crippen molar-refractivity contribution in [1.82, 2.24) is 4.90 Å². The van der Waals surface area contributed by atoms with Gasteiger partial charge in [-0.3, -0.25) is 14.5 Å². The minimum Gasteiger partial charge on any atom is -0.324 e. The zero-order valence-corrected chi connectivity index (χ0v) is 17.8. The lowest BCUT2D eigenvalue weighted by molar-refractivity contribution is -0.122. The molecule has 5 nitrogen and oxygen atoms in total. The van der Waals surface area contributed by atoms with Gasteiger partial charge in [0.25, 0.3) is 0 Å². The highest BCUT2D eigenvalue weighted by Gasteiger charge is 2.22. The zero-order valence-electron chi connectivity index (χ0n) is 17.0. The van der Waals surface area contributed by atoms with Crippen LogP contribution in [0.25, 0.3) is 0 Å². The molecule has 1 atom stereocenters. The van der Waals surface area contributed by atoms with Crippen LogP contribution >= 0.6 is 11.6 Å². The van der Waals surface area contributed by atoms with Crippen molar-refractivity contribution in [3.05, 3.63) is 58.6 Å². The Bertz CT molecular complexity index is 851. The number of benzene rings is 2. The monoisotopic (exact) mass is 401 g/mol. The highest BCUT2D eigenvalue weighted by Crippen LogP contribution is 2.27. The number of likely N-dealkylation sites (N-methyl/N-ethyl adjacent to an activating group) is 1. The van der Waals surface area contributed by atoms with E-state index in [2.05, 4.69) is 24.5 Å². The molecule has 2 N–H and O–H groups in total. The van der Waals surface area contributed by atoms with E-state index in [9.17, 15) is 9.59 Å². The smallest absolute Gasteiger partial charge is 0.241 e. The molecule has 150 valence electrons. The van der Waals surface area contributed by atoms with Crippen LogP contribution in [0.2, 0.25) is 5.02 Å². The Labute approximate surface area is 172 Å². The summed E-state index contributed by atoms with van der Waals surface area (Å²) in [5.74, 6) is -0.0807. The molecule has 2 amide bonds. The van der Waals surface area contributed by atoms with Crippen molar-refractivity contribution in [2.75, 3.05) is 24.2 Å². The van der Waals surface area contributed by atoms with E-state index in [0.29, 0.717) is 16.6 Å². The topological polar surface area (TPSA) is 61.4 Å². The second-order valence-electron chi connectivity index (χ2n) is 7.30. The van der Waals surface area contributed by atoms with E-state index in [0.717, 1.165) is 16.8 Å². The Hall–Kier alpha value is -2.37. The Morgan fingerprint density at radius 2 is 1.71 bits per heavy atom. The molecule has 0 aliphatic heterocycles. The Morgan fingerprint density at radius 1 is 1.04 bits per heavy atom. The average Bonchev–Trinajstić information content (AvgIpc) is 2.64. The maximum Gasteiger partial charge on any atom is 0.241 e. The van der Waals surface area contributed by atoms with Crippen molar-refractivity contribution in [1.29, 1.82) is 0 Å². The summed E-state index contributed by atoms with van der Waals surface area (Å²) in [4.78, 5) is 26.8. The van der Waals surface area contributed by atoms with E-state index in [-0.39, 0.29) is 18.4 Å². The molecule has 0 aromatic heterocycles. The number of rotatable bonds is 7. The fraction of sp³-hybridized carbons (Fsp3) is 0.364. The fourth-order valence-corrected chi connectivity index (χ4v) is 3.07. The van der Waals surface area contributed by atoms with Gasteiger partial charge in [-0.05, 0) is 50.1 Å². The number of amides is 2. The maximum absolute atomic E-state index is 12.8. The predicted molar refractivity (Wildman–Crippen MR) is 116 cm³/mol. The first kappa shape index (κ1) is 21.9. The lowest BCUT2D eigenvalue weighted by Gasteiger charge is -2.25. The molecule has 0 heterocycles. The van der Waals surface area contributed by atoms with E-state index in [4.69, 9.17) is 11.6 Å². The summed E-state index contributed by atoms with van der Waals surface area (Å²) in [7, 11) is 1.75. The van der Waals surface area contributed by atoms with Gasteiger partial charge < -0.3 is 10.6 Å². The van der Waals surface area contributed by atoms with Gasteiger partial charge in [-0.15, -0.1) is 0 Å². The van der Waals surface area contributed by atoms with Gasteiger partial charge in [0.2, 0.25) is 11.8 Å². The van der Waals surface area contributed by atoms with Crippen LogP contribution in [0.4, 0.5) is 11.4 Å². The molecule has 0 aliphatic carbocycles. The molecule has 0 radical (unpaired) electrons. The molecule has 0 saturated heterocycles. The number of anilines is 2. The van der Waals surface area contributed by atoms with Crippen molar-refractivity contribution in [3.63, 3.8) is 0 Å². The maximum atomic E-state index is 12.8. The molecule has 0 fully saturated rings. The average molecular weight is 402 g/mol. The fourth-order valence-electron chi connectivity index (χ4n) is 2.89. The second kappa shape index (κ2) is 9.71. The molecule has 2 rings (SSSR count). The number of halogens is 1. The van der Waals surface area contributed by atoms with Crippen LogP contribution in [0.1, 0.15) is 37.8 Å². The molecule has 0 saturated carbocycles. The van der Waals surface area contributed by atoms with Crippen molar-refractivity contribution < 1.29 is 9.59 Å². The first-order chi connectivity index (χ1) is 13.2. The Kier molecular flexibility index (Phi) is 7.61. The van der Waals surface area contributed by atoms with E-state index < -0.39 is 6.04 Å². The normalized spacial score (nSPS) is 12.1. The van der Waals surface area contributed by atoms with Crippen LogP contribution in [-0.4, -0.2) is 36.3 Å². The molecule has 6 heteroatoms. The second-order valence-corrected chi connectivity index (χ2v) is 7.71. The molecule has 0 unspecified atom stereocenters. The van der Waals surface area contributed by atoms with Crippen LogP contribution in [-0.2, 0) is 9.59 Å². The number of aryl methyl sites for hydroxylation is 1. The lowest BCUT2D eigenvalue weighted by atomic mass is 9.98. The van der Waals surface area contributed by atoms with Crippen molar-refractivity contribution in [3.8, 4) is 0 Å². The summed E-state index contributed by atoms with van der Waals surface area (Å²) in [5.41, 5.74) is 3.52. The van der Waals surface area contributed by atoms with Crippen LogP contribution < -0.4 is 10.6 Å². The first-order valence-electron chi connectivity index (χ1n) is 9.35. The Balaban J connectivity index is 2.01. The third-order valence-electron chi connectivity index (χ3n) is 4.76. The zero-order chi connectivity index (χ0) is 20.8. The molecule has 2 aromatic rings. The van der Waals surface area contributed by atoms with Crippen LogP contribution in [0.15, 0.2) is 42.5 Å². The van der Waals surface area contributed by atoms with Gasteiger partial charge in [0, 0.05) is 5.69 Å². The van der Waals surface area contributed by atoms with Crippen molar-refractivity contribution in [2.24, 2.45) is 0 Å². The van der Waals surface area contributed by atoms with E-state index in [1.165, 1.54) is 0 Å². The molecular weight excluding hydrogens is 374 g/mol. The summed E-state index contributed by atoms with van der Waals surface area (Å²) < 4.78 is 0. The summed E-state index contributed by atoms with van der Waals surface area (Å²) >= 11 is 6.07. The predicted octanol–water partition coefficient (Wildman–Crippen LogP) is 4.67. The third kappa shape index (κ3) is 5.57. The number of carbonyl (C=O) groups excluding carboxylic acids is 2. The van der Waals surface area contributed by atoms with Crippen LogP contribution in [0.5, 0.6) is 0 Å². The highest BCUT2D eigenvalue weighted by molar-refractivity contribution is 6.33. The van der Waals surface area contributed by atoms with Gasteiger partial charge in [0.1, 0.15) is 0 Å². The molecule has 28 heavy (non-hydrogen) atoms. The van der Waals surface area contributed by atoms with Gasteiger partial charge in [-0.2, -0.15) is 0 Å². The lowest BCUT2D eigenvalue weighted by Crippen LogP contribution is -2.43. The van der Waals surface area contributed by atoms with Gasteiger partial charge in [-0.1, -0.05) is 55.8 Å². The molecule has 0 bridgehead atoms. The largest absolute Gasteiger partial charge is 0.324 e. The van der Waals surface area contributed by atoms with E-state index >= 15 is 0 Å². The van der Waals surface area contributed by atoms with Crippen molar-refractivity contribution in [2.45, 2.75) is 39.7 Å². The van der Waals surface area contributed by atoms with E-state index in [1.54, 1.807) is 43.1 Å². The quantitative estimate of drug-likeness (QED) is 0.708. The van der Waals surface area contributed by atoms with Gasteiger partial charge >= 0.3 is 0 Å². The number of nitrogens with zero attached hydrogens (tertiary/aromatic N) is 1. The number of para-hydroxylation sites is 2. The van der Waals surface area contributed by atoms with Gasteiger partial charge in [0.15, 0.2) is 0 Å². The summed E-state index contributed by atoms with van der Waals surface area (Å²) in [6.07, 6.45) is 0. The number of nitrogens with one attached hydrogen (secondary N) is 2. The SMILES string of the molecule is Cc1cccc(C(C)C)c1NC(=O)[C@H](C)N(C)CC(=O)Nc1ccccc1Cl. The summed E-state index contributed by atoms with van der Waals surface area (Å²) in [6, 6.07) is 12.6.